The van der Waals surface area contributed by atoms with Gasteiger partial charge in [0.2, 0.25) is 0 Å². The maximum absolute atomic E-state index is 11.1. The molecule has 2 nitrogen and oxygen atoms in total. The lowest BCUT2D eigenvalue weighted by atomic mass is 9.98. The van der Waals surface area contributed by atoms with Crippen molar-refractivity contribution in [2.75, 3.05) is 5.33 Å². The van der Waals surface area contributed by atoms with Crippen LogP contribution >= 0.6 is 15.9 Å². The van der Waals surface area contributed by atoms with Gasteiger partial charge in [-0.15, -0.1) is 0 Å². The highest BCUT2D eigenvalue weighted by Crippen LogP contribution is 2.09. The second kappa shape index (κ2) is 7.47. The zero-order valence-corrected chi connectivity index (χ0v) is 8.97. The van der Waals surface area contributed by atoms with Crippen LogP contribution in [0.3, 0.4) is 0 Å². The number of ketones is 1. The zero-order chi connectivity index (χ0) is 9.40. The number of halogens is 1. The van der Waals surface area contributed by atoms with Gasteiger partial charge in [0, 0.05) is 11.8 Å². The predicted octanol–water partition coefficient (Wildman–Crippen LogP) is 2.35. The van der Waals surface area contributed by atoms with Crippen molar-refractivity contribution < 1.29 is 9.59 Å². The van der Waals surface area contributed by atoms with Crippen LogP contribution in [0, 0.1) is 5.92 Å². The number of rotatable bonds is 7. The van der Waals surface area contributed by atoms with E-state index in [1.807, 2.05) is 0 Å². The molecule has 0 heterocycles. The van der Waals surface area contributed by atoms with Gasteiger partial charge in [0.15, 0.2) is 0 Å². The van der Waals surface area contributed by atoms with Crippen molar-refractivity contribution in [2.45, 2.75) is 32.6 Å². The number of carbonyl (C=O) groups excluding carboxylic acids is 2. The van der Waals surface area contributed by atoms with E-state index in [0.29, 0.717) is 12.8 Å². The molecule has 0 amide bonds. The molecule has 0 saturated heterocycles. The molecule has 0 radical (unpaired) electrons. The van der Waals surface area contributed by atoms with Crippen molar-refractivity contribution >= 4 is 28.0 Å². The van der Waals surface area contributed by atoms with Gasteiger partial charge in [-0.05, 0) is 12.8 Å². The SMILES string of the molecule is CCC(=O)C(C=O)CCCCBr. The first-order valence-corrected chi connectivity index (χ1v) is 5.42. The number of hydrogen-bond donors (Lipinski definition) is 0. The van der Waals surface area contributed by atoms with Gasteiger partial charge in [0.1, 0.15) is 12.1 Å². The van der Waals surface area contributed by atoms with Crippen LogP contribution < -0.4 is 0 Å². The summed E-state index contributed by atoms with van der Waals surface area (Å²) >= 11 is 3.30. The summed E-state index contributed by atoms with van der Waals surface area (Å²) < 4.78 is 0. The smallest absolute Gasteiger partial charge is 0.142 e. The van der Waals surface area contributed by atoms with Crippen LogP contribution in [0.15, 0.2) is 0 Å². The van der Waals surface area contributed by atoms with Crippen molar-refractivity contribution in [3.8, 4) is 0 Å². The lowest BCUT2D eigenvalue weighted by molar-refractivity contribution is -0.127. The molecule has 0 saturated carbocycles. The largest absolute Gasteiger partial charge is 0.303 e. The van der Waals surface area contributed by atoms with Crippen LogP contribution in [0.25, 0.3) is 0 Å². The van der Waals surface area contributed by atoms with Gasteiger partial charge in [0.05, 0.1) is 5.92 Å². The normalized spacial score (nSPS) is 12.5. The Morgan fingerprint density at radius 3 is 2.58 bits per heavy atom. The van der Waals surface area contributed by atoms with E-state index in [0.717, 1.165) is 24.5 Å². The lowest BCUT2D eigenvalue weighted by Crippen LogP contribution is -2.14. The second-order valence-electron chi connectivity index (χ2n) is 2.75. The standard InChI is InChI=1S/C9H15BrO2/c1-2-9(12)8(7-11)5-3-4-6-10/h7-8H,2-6H2,1H3. The van der Waals surface area contributed by atoms with Crippen molar-refractivity contribution in [1.82, 2.24) is 0 Å². The highest BCUT2D eigenvalue weighted by Gasteiger charge is 2.14. The van der Waals surface area contributed by atoms with Crippen molar-refractivity contribution in [3.05, 3.63) is 0 Å². The number of carbonyl (C=O) groups is 2. The van der Waals surface area contributed by atoms with Crippen LogP contribution in [0.4, 0.5) is 0 Å². The molecule has 1 atom stereocenters. The minimum atomic E-state index is -0.353. The van der Waals surface area contributed by atoms with Crippen molar-refractivity contribution in [2.24, 2.45) is 5.92 Å². The summed E-state index contributed by atoms with van der Waals surface area (Å²) in [6.45, 7) is 1.79. The van der Waals surface area contributed by atoms with E-state index >= 15 is 0 Å². The topological polar surface area (TPSA) is 34.1 Å². The summed E-state index contributed by atoms with van der Waals surface area (Å²) in [5, 5.41) is 0.943. The highest BCUT2D eigenvalue weighted by atomic mass is 79.9. The fraction of sp³-hybridized carbons (Fsp3) is 0.778. The maximum atomic E-state index is 11.1. The van der Waals surface area contributed by atoms with Crippen LogP contribution in [-0.4, -0.2) is 17.4 Å². The minimum absolute atomic E-state index is 0.0690. The summed E-state index contributed by atoms with van der Waals surface area (Å²) in [5.74, 6) is -0.284. The van der Waals surface area contributed by atoms with Crippen LogP contribution in [0.1, 0.15) is 32.6 Å². The highest BCUT2D eigenvalue weighted by molar-refractivity contribution is 9.09. The van der Waals surface area contributed by atoms with Gasteiger partial charge in [-0.1, -0.05) is 29.3 Å². The van der Waals surface area contributed by atoms with Gasteiger partial charge in [-0.2, -0.15) is 0 Å². The molecule has 0 fully saturated rings. The van der Waals surface area contributed by atoms with Gasteiger partial charge in [0.25, 0.3) is 0 Å². The van der Waals surface area contributed by atoms with Gasteiger partial charge in [-0.25, -0.2) is 0 Å². The molecule has 12 heavy (non-hydrogen) atoms. The first-order chi connectivity index (χ1) is 5.76. The molecule has 3 heteroatoms. The van der Waals surface area contributed by atoms with Gasteiger partial charge >= 0.3 is 0 Å². The fourth-order valence-corrected chi connectivity index (χ4v) is 1.42. The van der Waals surface area contributed by atoms with Crippen molar-refractivity contribution in [3.63, 3.8) is 0 Å². The predicted molar refractivity (Wildman–Crippen MR) is 52.5 cm³/mol. The molecule has 0 aromatic heterocycles. The Kier molecular flexibility index (Phi) is 7.36. The molecule has 70 valence electrons. The Balaban J connectivity index is 3.67. The average Bonchev–Trinajstić information content (AvgIpc) is 2.11. The van der Waals surface area contributed by atoms with Crippen LogP contribution in [0.5, 0.6) is 0 Å². The number of unbranched alkanes of at least 4 members (excludes halogenated alkanes) is 1. The Labute approximate surface area is 81.8 Å². The van der Waals surface area contributed by atoms with E-state index in [9.17, 15) is 9.59 Å². The molecule has 1 unspecified atom stereocenters. The van der Waals surface area contributed by atoms with Crippen molar-refractivity contribution in [1.29, 1.82) is 0 Å². The fourth-order valence-electron chi connectivity index (χ4n) is 1.03. The lowest BCUT2D eigenvalue weighted by Gasteiger charge is -2.05. The zero-order valence-electron chi connectivity index (χ0n) is 7.38. The summed E-state index contributed by atoms with van der Waals surface area (Å²) in [6.07, 6.45) is 3.93. The molecular formula is C9H15BrO2. The quantitative estimate of drug-likeness (QED) is 0.294. The summed E-state index contributed by atoms with van der Waals surface area (Å²) in [7, 11) is 0. The van der Waals surface area contributed by atoms with Crippen LogP contribution in [-0.2, 0) is 9.59 Å². The number of Topliss-reactive ketones (excluding diaryl/α,β-unsaturated/α-hetero) is 1. The molecule has 0 N–H and O–H groups in total. The molecule has 0 aliphatic rings. The molecular weight excluding hydrogens is 220 g/mol. The van der Waals surface area contributed by atoms with E-state index in [2.05, 4.69) is 15.9 Å². The third-order valence-corrected chi connectivity index (χ3v) is 2.39. The third-order valence-electron chi connectivity index (χ3n) is 1.83. The molecule has 0 rings (SSSR count). The molecule has 0 aliphatic heterocycles. The maximum Gasteiger partial charge on any atom is 0.142 e. The van der Waals surface area contributed by atoms with E-state index in [1.165, 1.54) is 0 Å². The molecule has 0 aliphatic carbocycles. The van der Waals surface area contributed by atoms with Gasteiger partial charge < -0.3 is 4.79 Å². The van der Waals surface area contributed by atoms with E-state index in [4.69, 9.17) is 0 Å². The molecule has 0 aromatic carbocycles. The van der Waals surface area contributed by atoms with Crippen LogP contribution in [0.2, 0.25) is 0 Å². The van der Waals surface area contributed by atoms with E-state index in [-0.39, 0.29) is 11.7 Å². The number of alkyl halides is 1. The Morgan fingerprint density at radius 2 is 2.17 bits per heavy atom. The summed E-state index contributed by atoms with van der Waals surface area (Å²) in [4.78, 5) is 21.6. The minimum Gasteiger partial charge on any atom is -0.303 e. The molecule has 0 spiro atoms. The summed E-state index contributed by atoms with van der Waals surface area (Å²) in [5.41, 5.74) is 0. The number of hydrogen-bond acceptors (Lipinski definition) is 2. The average molecular weight is 235 g/mol. The molecule has 0 aromatic rings. The monoisotopic (exact) mass is 234 g/mol. The first kappa shape index (κ1) is 11.8. The third kappa shape index (κ3) is 4.65. The second-order valence-corrected chi connectivity index (χ2v) is 3.54. The Morgan fingerprint density at radius 1 is 1.50 bits per heavy atom. The summed E-state index contributed by atoms with van der Waals surface area (Å²) in [6, 6.07) is 0. The Bertz CT molecular complexity index is 145. The Hall–Kier alpha value is -0.180. The first-order valence-electron chi connectivity index (χ1n) is 4.30. The van der Waals surface area contributed by atoms with E-state index in [1.54, 1.807) is 6.92 Å². The van der Waals surface area contributed by atoms with E-state index < -0.39 is 0 Å². The molecule has 0 bridgehead atoms. The van der Waals surface area contributed by atoms with Gasteiger partial charge in [-0.3, -0.25) is 4.79 Å². The number of aldehydes is 1.